The molecule has 1 saturated heterocycles. The fourth-order valence-electron chi connectivity index (χ4n) is 0.844. The van der Waals surface area contributed by atoms with E-state index in [0.29, 0.717) is 13.1 Å². The van der Waals surface area contributed by atoms with Crippen LogP contribution in [0.25, 0.3) is 0 Å². The molecule has 3 nitrogen and oxygen atoms in total. The van der Waals surface area contributed by atoms with Crippen molar-refractivity contribution in [2.24, 2.45) is 0 Å². The number of quaternary nitrogens is 1. The third kappa shape index (κ3) is 3.63. The Morgan fingerprint density at radius 1 is 1.10 bits per heavy atom. The van der Waals surface area contributed by atoms with E-state index in [1.165, 1.54) is 0 Å². The molecule has 0 unspecified atom stereocenters. The molecule has 0 saturated carbocycles. The summed E-state index contributed by atoms with van der Waals surface area (Å²) in [6, 6.07) is 0. The highest BCUT2D eigenvalue weighted by atomic mass is 35.5. The molecular weight excluding hydrogens is 174 g/mol. The summed E-state index contributed by atoms with van der Waals surface area (Å²) in [4.78, 5) is -0.771. The van der Waals surface area contributed by atoms with Crippen LogP contribution in [-0.4, -0.2) is 39.8 Å². The third-order valence-electron chi connectivity index (χ3n) is 1.40. The second-order valence-electron chi connectivity index (χ2n) is 2.29. The molecule has 1 heterocycles. The monoisotopic (exact) mass is 186 g/mol. The fraction of sp³-hybridized carbons (Fsp3) is 1.00. The van der Waals surface area contributed by atoms with Gasteiger partial charge in [-0.05, 0) is 10.6 Å². The van der Waals surface area contributed by atoms with Gasteiger partial charge in [0.05, 0.1) is 0 Å². The van der Waals surface area contributed by atoms with Crippen molar-refractivity contribution < 1.29 is 15.2 Å². The Hall–Kier alpha value is 0.520. The third-order valence-corrected chi connectivity index (χ3v) is 2.45. The summed E-state index contributed by atoms with van der Waals surface area (Å²) in [5.74, 6) is 1.91. The van der Waals surface area contributed by atoms with E-state index in [9.17, 15) is 0 Å². The molecular formula is C5H13ClNO2S+. The molecule has 0 aliphatic carbocycles. The second-order valence-corrected chi connectivity index (χ2v) is 3.52. The van der Waals surface area contributed by atoms with Gasteiger partial charge in [0.15, 0.2) is 6.54 Å². The number of hydroxylamine groups is 4. The predicted octanol–water partition coefficient (Wildman–Crippen LogP) is 1.14. The quantitative estimate of drug-likeness (QED) is 0.558. The maximum atomic E-state index is 9.03. The minimum Gasteiger partial charge on any atom is -0.182 e. The Labute approximate surface area is 70.9 Å². The molecule has 62 valence electrons. The highest BCUT2D eigenvalue weighted by molar-refractivity contribution is 7.99. The number of nitrogens with zero attached hydrogens (tertiary/aromatic N) is 1. The Balaban J connectivity index is 0.000000810. The number of hydrogen-bond acceptors (Lipinski definition) is 3. The number of rotatable bonds is 0. The van der Waals surface area contributed by atoms with E-state index >= 15 is 0 Å². The van der Waals surface area contributed by atoms with Crippen LogP contribution < -0.4 is 0 Å². The first kappa shape index (κ1) is 10.5. The van der Waals surface area contributed by atoms with Gasteiger partial charge in [0.2, 0.25) is 0 Å². The molecule has 1 aliphatic rings. The first-order valence-corrected chi connectivity index (χ1v) is 4.26. The van der Waals surface area contributed by atoms with Gasteiger partial charge in [-0.2, -0.15) is 22.2 Å². The van der Waals surface area contributed by atoms with Crippen molar-refractivity contribution in [1.82, 2.24) is 0 Å². The molecule has 5 heteroatoms. The maximum absolute atomic E-state index is 9.03. The van der Waals surface area contributed by atoms with Gasteiger partial charge in [0, 0.05) is 12.2 Å². The second kappa shape index (κ2) is 4.41. The molecule has 0 radical (unpaired) electrons. The molecule has 0 aromatic rings. The lowest BCUT2D eigenvalue weighted by Gasteiger charge is -2.17. The average molecular weight is 187 g/mol. The van der Waals surface area contributed by atoms with Crippen molar-refractivity contribution >= 4 is 24.2 Å². The van der Waals surface area contributed by atoms with Crippen LogP contribution in [0.15, 0.2) is 0 Å². The number of hydrogen-bond donors (Lipinski definition) is 2. The zero-order valence-electron chi connectivity index (χ0n) is 5.69. The minimum absolute atomic E-state index is 0. The van der Waals surface area contributed by atoms with E-state index in [-0.39, 0.29) is 12.4 Å². The average Bonchev–Trinajstić information content (AvgIpc) is 1.92. The van der Waals surface area contributed by atoms with Gasteiger partial charge < -0.3 is 0 Å². The van der Waals surface area contributed by atoms with Crippen molar-refractivity contribution in [2.75, 3.05) is 24.6 Å². The summed E-state index contributed by atoms with van der Waals surface area (Å²) in [7, 11) is 0. The van der Waals surface area contributed by atoms with E-state index in [4.69, 9.17) is 10.4 Å². The molecule has 0 aromatic heterocycles. The zero-order valence-corrected chi connectivity index (χ0v) is 7.33. The van der Waals surface area contributed by atoms with Crippen LogP contribution in [0.4, 0.5) is 0 Å². The summed E-state index contributed by atoms with van der Waals surface area (Å²) < 4.78 is 0. The van der Waals surface area contributed by atoms with Crippen molar-refractivity contribution in [3.05, 3.63) is 0 Å². The van der Waals surface area contributed by atoms with E-state index in [1.807, 2.05) is 0 Å². The lowest BCUT2D eigenvalue weighted by Crippen LogP contribution is -2.42. The number of halogens is 1. The van der Waals surface area contributed by atoms with Crippen LogP contribution in [0.5, 0.6) is 0 Å². The molecule has 1 fully saturated rings. The van der Waals surface area contributed by atoms with Gasteiger partial charge in [0.1, 0.15) is 6.54 Å². The molecule has 1 rings (SSSR count). The first-order chi connectivity index (χ1) is 4.21. The summed E-state index contributed by atoms with van der Waals surface area (Å²) in [5.41, 5.74) is 0. The van der Waals surface area contributed by atoms with Crippen molar-refractivity contribution in [3.8, 4) is 0 Å². The molecule has 10 heavy (non-hydrogen) atoms. The molecule has 0 bridgehead atoms. The Morgan fingerprint density at radius 2 is 1.80 bits per heavy atom. The van der Waals surface area contributed by atoms with Gasteiger partial charge in [-0.3, -0.25) is 0 Å². The highest BCUT2D eigenvalue weighted by Gasteiger charge is 2.23. The van der Waals surface area contributed by atoms with E-state index < -0.39 is 4.81 Å². The normalized spacial score (nSPS) is 24.6. The molecule has 0 atom stereocenters. The molecule has 0 aromatic carbocycles. The lowest BCUT2D eigenvalue weighted by molar-refractivity contribution is -1.24. The van der Waals surface area contributed by atoms with Crippen molar-refractivity contribution in [3.63, 3.8) is 0 Å². The van der Waals surface area contributed by atoms with Crippen LogP contribution in [-0.2, 0) is 0 Å². The topological polar surface area (TPSA) is 40.5 Å². The van der Waals surface area contributed by atoms with Gasteiger partial charge in [-0.25, -0.2) is 0 Å². The van der Waals surface area contributed by atoms with Crippen LogP contribution in [0, 0.1) is 0 Å². The molecule has 0 amide bonds. The zero-order chi connectivity index (χ0) is 6.74. The largest absolute Gasteiger partial charge is 0.182 e. The fourth-order valence-corrected chi connectivity index (χ4v) is 1.80. The van der Waals surface area contributed by atoms with Gasteiger partial charge in [-0.1, -0.05) is 0 Å². The van der Waals surface area contributed by atoms with Crippen molar-refractivity contribution in [2.45, 2.75) is 6.42 Å². The van der Waals surface area contributed by atoms with E-state index in [1.54, 1.807) is 11.8 Å². The minimum atomic E-state index is -0.771. The Bertz CT molecular complexity index is 91.6. The highest BCUT2D eigenvalue weighted by Crippen LogP contribution is 2.12. The number of thioether (sulfide) groups is 1. The summed E-state index contributed by atoms with van der Waals surface area (Å²) in [6.07, 6.45) is 0.900. The van der Waals surface area contributed by atoms with Gasteiger partial charge in [0.25, 0.3) is 0 Å². The molecule has 0 spiro atoms. The van der Waals surface area contributed by atoms with E-state index in [2.05, 4.69) is 0 Å². The smallest absolute Gasteiger partial charge is 0.151 e. The van der Waals surface area contributed by atoms with Gasteiger partial charge >= 0.3 is 0 Å². The molecule has 2 N–H and O–H groups in total. The van der Waals surface area contributed by atoms with Crippen LogP contribution >= 0.6 is 24.2 Å². The maximum Gasteiger partial charge on any atom is 0.151 e. The Morgan fingerprint density at radius 3 is 2.50 bits per heavy atom. The Kier molecular flexibility index (Phi) is 4.64. The lowest BCUT2D eigenvalue weighted by atomic mass is 10.4. The summed E-state index contributed by atoms with van der Waals surface area (Å²) in [5, 5.41) is 18.1. The summed E-state index contributed by atoms with van der Waals surface area (Å²) >= 11 is 1.78. The predicted molar refractivity (Wildman–Crippen MR) is 42.8 cm³/mol. The van der Waals surface area contributed by atoms with Gasteiger partial charge in [-0.15, -0.1) is 12.4 Å². The molecule has 1 aliphatic heterocycles. The SMILES string of the molecule is Cl.O[N+]1(O)CCCSCC1. The van der Waals surface area contributed by atoms with Crippen molar-refractivity contribution in [1.29, 1.82) is 0 Å². The van der Waals surface area contributed by atoms with Crippen LogP contribution in [0.2, 0.25) is 0 Å². The van der Waals surface area contributed by atoms with E-state index in [0.717, 1.165) is 17.9 Å². The first-order valence-electron chi connectivity index (χ1n) is 3.11. The summed E-state index contributed by atoms with van der Waals surface area (Å²) in [6.45, 7) is 0.942. The van der Waals surface area contributed by atoms with Crippen LogP contribution in [0.3, 0.4) is 0 Å². The standard InChI is InChI=1S/C5H12NO2S.ClH/c7-6(8)2-1-4-9-5-3-6;/h7-8H,1-5H2;1H/q+1;. The van der Waals surface area contributed by atoms with Crippen LogP contribution in [0.1, 0.15) is 6.42 Å².